The maximum atomic E-state index is 10.3. The van der Waals surface area contributed by atoms with Gasteiger partial charge in [-0.25, -0.2) is 0 Å². The summed E-state index contributed by atoms with van der Waals surface area (Å²) in [6, 6.07) is 8.38. The van der Waals surface area contributed by atoms with Gasteiger partial charge >= 0.3 is 0 Å². The maximum Gasteiger partial charge on any atom is 0.134 e. The molecule has 1 unspecified atom stereocenters. The third-order valence-electron chi connectivity index (χ3n) is 1.83. The SMILES string of the molecule is O=CCC(NC(=O)[O-])c1ccccc1. The first-order valence-electron chi connectivity index (χ1n) is 4.20. The molecule has 1 amide bonds. The molecule has 1 atom stereocenters. The Labute approximate surface area is 81.6 Å². The van der Waals surface area contributed by atoms with Crippen LogP contribution in [-0.4, -0.2) is 12.4 Å². The Bertz CT molecular complexity index is 310. The summed E-state index contributed by atoms with van der Waals surface area (Å²) in [6.45, 7) is 0. The average Bonchev–Trinajstić information content (AvgIpc) is 2.18. The Kier molecular flexibility index (Phi) is 3.67. The first-order chi connectivity index (χ1) is 6.74. The number of hydrogen-bond acceptors (Lipinski definition) is 3. The van der Waals surface area contributed by atoms with Crippen molar-refractivity contribution in [3.63, 3.8) is 0 Å². The summed E-state index contributed by atoms with van der Waals surface area (Å²) in [7, 11) is 0. The number of carboxylic acid groups (broad SMARTS) is 1. The standard InChI is InChI=1S/C10H11NO3/c12-7-6-9(11-10(13)14)8-4-2-1-3-5-8/h1-5,7,9,11H,6H2,(H,13,14)/p-1. The Morgan fingerprint density at radius 3 is 2.57 bits per heavy atom. The molecule has 0 spiro atoms. The van der Waals surface area contributed by atoms with E-state index in [2.05, 4.69) is 5.32 Å². The third kappa shape index (κ3) is 2.90. The van der Waals surface area contributed by atoms with Crippen molar-refractivity contribution in [2.45, 2.75) is 12.5 Å². The van der Waals surface area contributed by atoms with E-state index in [1.54, 1.807) is 24.3 Å². The molecule has 0 bridgehead atoms. The van der Waals surface area contributed by atoms with Crippen LogP contribution in [0.4, 0.5) is 4.79 Å². The van der Waals surface area contributed by atoms with Crippen molar-refractivity contribution in [3.8, 4) is 0 Å². The summed E-state index contributed by atoms with van der Waals surface area (Å²) >= 11 is 0. The Morgan fingerprint density at radius 2 is 2.07 bits per heavy atom. The van der Waals surface area contributed by atoms with Crippen LogP contribution >= 0.6 is 0 Å². The molecule has 0 saturated heterocycles. The predicted molar refractivity (Wildman–Crippen MR) is 48.4 cm³/mol. The number of amides is 1. The second-order valence-corrected chi connectivity index (χ2v) is 2.80. The highest BCUT2D eigenvalue weighted by Crippen LogP contribution is 2.14. The molecular formula is C10H10NO3-. The molecule has 0 radical (unpaired) electrons. The zero-order chi connectivity index (χ0) is 10.4. The van der Waals surface area contributed by atoms with Crippen LogP contribution in [-0.2, 0) is 4.79 Å². The average molecular weight is 192 g/mol. The van der Waals surface area contributed by atoms with Gasteiger partial charge in [-0.1, -0.05) is 30.3 Å². The largest absolute Gasteiger partial charge is 0.530 e. The summed E-state index contributed by atoms with van der Waals surface area (Å²) < 4.78 is 0. The highest BCUT2D eigenvalue weighted by molar-refractivity contribution is 5.64. The van der Waals surface area contributed by atoms with E-state index in [-0.39, 0.29) is 6.42 Å². The van der Waals surface area contributed by atoms with Crippen LogP contribution in [0.3, 0.4) is 0 Å². The lowest BCUT2D eigenvalue weighted by molar-refractivity contribution is -0.251. The van der Waals surface area contributed by atoms with Gasteiger partial charge in [0, 0.05) is 6.42 Å². The topological polar surface area (TPSA) is 69.2 Å². The predicted octanol–water partition coefficient (Wildman–Crippen LogP) is 0.250. The molecule has 0 fully saturated rings. The molecule has 0 aliphatic heterocycles. The fourth-order valence-corrected chi connectivity index (χ4v) is 1.20. The van der Waals surface area contributed by atoms with Gasteiger partial charge < -0.3 is 20.0 Å². The quantitative estimate of drug-likeness (QED) is 0.695. The number of rotatable bonds is 4. The number of carbonyl (C=O) groups excluding carboxylic acids is 2. The summed E-state index contributed by atoms with van der Waals surface area (Å²) in [5, 5.41) is 12.5. The fraction of sp³-hybridized carbons (Fsp3) is 0.200. The molecule has 74 valence electrons. The normalized spacial score (nSPS) is 11.7. The van der Waals surface area contributed by atoms with Crippen LogP contribution in [0.2, 0.25) is 0 Å². The lowest BCUT2D eigenvalue weighted by Crippen LogP contribution is -2.39. The molecule has 0 aliphatic carbocycles. The van der Waals surface area contributed by atoms with Crippen LogP contribution in [0, 0.1) is 0 Å². The van der Waals surface area contributed by atoms with E-state index in [0.29, 0.717) is 6.29 Å². The monoisotopic (exact) mass is 192 g/mol. The number of aldehydes is 1. The molecule has 4 nitrogen and oxygen atoms in total. The van der Waals surface area contributed by atoms with Crippen molar-refractivity contribution in [2.75, 3.05) is 0 Å². The first kappa shape index (κ1) is 10.2. The van der Waals surface area contributed by atoms with E-state index in [9.17, 15) is 14.7 Å². The molecular weight excluding hydrogens is 182 g/mol. The minimum absolute atomic E-state index is 0.109. The van der Waals surface area contributed by atoms with Crippen LogP contribution in [0.5, 0.6) is 0 Å². The minimum Gasteiger partial charge on any atom is -0.530 e. The lowest BCUT2D eigenvalue weighted by atomic mass is 10.1. The number of nitrogens with one attached hydrogen (secondary N) is 1. The van der Waals surface area contributed by atoms with Crippen LogP contribution in [0.15, 0.2) is 30.3 Å². The number of hydrogen-bond donors (Lipinski definition) is 1. The summed E-state index contributed by atoms with van der Waals surface area (Å²) in [5.74, 6) is 0. The van der Waals surface area contributed by atoms with E-state index < -0.39 is 12.1 Å². The maximum absolute atomic E-state index is 10.3. The molecule has 0 aromatic heterocycles. The van der Waals surface area contributed by atoms with E-state index in [0.717, 1.165) is 5.56 Å². The molecule has 0 saturated carbocycles. The van der Waals surface area contributed by atoms with Crippen molar-refractivity contribution < 1.29 is 14.7 Å². The fourth-order valence-electron chi connectivity index (χ4n) is 1.20. The molecule has 1 rings (SSSR count). The number of benzene rings is 1. The van der Waals surface area contributed by atoms with Crippen molar-refractivity contribution in [1.29, 1.82) is 0 Å². The Morgan fingerprint density at radius 1 is 1.43 bits per heavy atom. The minimum atomic E-state index is -1.37. The van der Waals surface area contributed by atoms with Crippen molar-refractivity contribution >= 4 is 12.4 Å². The Hall–Kier alpha value is -1.84. The smallest absolute Gasteiger partial charge is 0.134 e. The van der Waals surface area contributed by atoms with E-state index in [1.807, 2.05) is 6.07 Å². The molecule has 0 aliphatic rings. The Balaban J connectivity index is 2.77. The lowest BCUT2D eigenvalue weighted by Gasteiger charge is -2.17. The van der Waals surface area contributed by atoms with Crippen LogP contribution in [0.25, 0.3) is 0 Å². The molecule has 14 heavy (non-hydrogen) atoms. The zero-order valence-electron chi connectivity index (χ0n) is 7.47. The van der Waals surface area contributed by atoms with E-state index in [1.165, 1.54) is 0 Å². The van der Waals surface area contributed by atoms with Crippen molar-refractivity contribution in [1.82, 2.24) is 5.32 Å². The van der Waals surface area contributed by atoms with Crippen LogP contribution < -0.4 is 10.4 Å². The van der Waals surface area contributed by atoms with E-state index >= 15 is 0 Å². The van der Waals surface area contributed by atoms with Gasteiger partial charge in [-0.15, -0.1) is 0 Å². The second-order valence-electron chi connectivity index (χ2n) is 2.80. The van der Waals surface area contributed by atoms with Crippen molar-refractivity contribution in [2.24, 2.45) is 0 Å². The van der Waals surface area contributed by atoms with Gasteiger partial charge in [0.25, 0.3) is 0 Å². The van der Waals surface area contributed by atoms with Gasteiger partial charge in [0.05, 0.1) is 6.04 Å². The summed E-state index contributed by atoms with van der Waals surface area (Å²) in [5.41, 5.74) is 0.754. The van der Waals surface area contributed by atoms with Crippen LogP contribution in [0.1, 0.15) is 18.0 Å². The van der Waals surface area contributed by atoms with Gasteiger partial charge in [0.1, 0.15) is 12.4 Å². The van der Waals surface area contributed by atoms with E-state index in [4.69, 9.17) is 0 Å². The molecule has 1 aromatic rings. The van der Waals surface area contributed by atoms with Crippen molar-refractivity contribution in [3.05, 3.63) is 35.9 Å². The molecule has 1 N–H and O–H groups in total. The van der Waals surface area contributed by atoms with Gasteiger partial charge in [-0.3, -0.25) is 0 Å². The van der Waals surface area contributed by atoms with Gasteiger partial charge in [0.2, 0.25) is 0 Å². The third-order valence-corrected chi connectivity index (χ3v) is 1.83. The highest BCUT2D eigenvalue weighted by Gasteiger charge is 2.08. The molecule has 4 heteroatoms. The molecule has 1 aromatic carbocycles. The first-order valence-corrected chi connectivity index (χ1v) is 4.20. The second kappa shape index (κ2) is 5.01. The van der Waals surface area contributed by atoms with Gasteiger partial charge in [0.15, 0.2) is 0 Å². The zero-order valence-corrected chi connectivity index (χ0v) is 7.47. The highest BCUT2D eigenvalue weighted by atomic mass is 16.4. The summed E-state index contributed by atoms with van der Waals surface area (Å²) in [4.78, 5) is 20.6. The van der Waals surface area contributed by atoms with Gasteiger partial charge in [-0.2, -0.15) is 0 Å². The number of carbonyl (C=O) groups is 2. The summed E-state index contributed by atoms with van der Waals surface area (Å²) in [6.07, 6.45) is -0.591. The molecule has 0 heterocycles. The van der Waals surface area contributed by atoms with Gasteiger partial charge in [-0.05, 0) is 5.56 Å².